The van der Waals surface area contributed by atoms with E-state index in [0.29, 0.717) is 5.69 Å². The molecule has 0 aliphatic rings. The monoisotopic (exact) mass is 430 g/mol. The number of benzene rings is 2. The first-order valence-corrected chi connectivity index (χ1v) is 9.18. The number of ketones is 1. The van der Waals surface area contributed by atoms with Crippen molar-refractivity contribution < 1.29 is 22.7 Å². The van der Waals surface area contributed by atoms with E-state index in [1.54, 1.807) is 37.3 Å². The zero-order valence-electron chi connectivity index (χ0n) is 16.6. The van der Waals surface area contributed by atoms with Gasteiger partial charge in [-0.3, -0.25) is 10.2 Å². The van der Waals surface area contributed by atoms with Crippen LogP contribution in [0.2, 0.25) is 0 Å². The average molecular weight is 430 g/mol. The highest BCUT2D eigenvalue weighted by atomic mass is 19.4. The zero-order chi connectivity index (χ0) is 22.9. The second kappa shape index (κ2) is 10.8. The van der Waals surface area contributed by atoms with Crippen LogP contribution in [0.5, 0.6) is 0 Å². The molecule has 0 unspecified atom stereocenters. The van der Waals surface area contributed by atoms with Crippen molar-refractivity contribution in [1.82, 2.24) is 0 Å². The Bertz CT molecular complexity index is 1010. The largest absolute Gasteiger partial charge is 0.488 e. The summed E-state index contributed by atoms with van der Waals surface area (Å²) >= 11 is 0. The Hall–Kier alpha value is -3.88. The molecular formula is C22H21F3N4O2. The van der Waals surface area contributed by atoms with E-state index in [0.717, 1.165) is 24.5 Å². The molecule has 0 fully saturated rings. The summed E-state index contributed by atoms with van der Waals surface area (Å²) in [4.78, 5) is 17.0. The standard InChI is InChI=1S/C22H21F3N4O2/c1-2-31-19(14-28-17-10-6-7-15(13-17)22(23,24)25)21(30)20(27)18(11-12-26)29-16-8-4-3-5-9-16/h3-14,27-28H,2,26H2,1H3/b12-11?,19-14+,27-20?,29-18?. The molecule has 0 aliphatic heterocycles. The van der Waals surface area contributed by atoms with Crippen LogP contribution in [-0.2, 0) is 15.7 Å². The van der Waals surface area contributed by atoms with Crippen molar-refractivity contribution in [3.05, 3.63) is 84.4 Å². The summed E-state index contributed by atoms with van der Waals surface area (Å²) in [6.45, 7) is 1.74. The normalized spacial score (nSPS) is 12.6. The number of allylic oxidation sites excluding steroid dienone is 2. The molecule has 0 aliphatic carbocycles. The van der Waals surface area contributed by atoms with Gasteiger partial charge in [-0.15, -0.1) is 0 Å². The number of hydrogen-bond donors (Lipinski definition) is 3. The topological polar surface area (TPSA) is 101 Å². The number of aliphatic imine (C=N–C) groups is 1. The molecule has 0 radical (unpaired) electrons. The Morgan fingerprint density at radius 2 is 1.90 bits per heavy atom. The molecule has 2 rings (SSSR count). The lowest BCUT2D eigenvalue weighted by Gasteiger charge is -2.11. The minimum absolute atomic E-state index is 0.00312. The second-order valence-electron chi connectivity index (χ2n) is 6.06. The number of carbonyl (C=O) groups is 1. The number of nitrogens with zero attached hydrogens (tertiary/aromatic N) is 1. The molecule has 0 amide bonds. The van der Waals surface area contributed by atoms with E-state index >= 15 is 0 Å². The number of hydrogen-bond acceptors (Lipinski definition) is 6. The zero-order valence-corrected chi connectivity index (χ0v) is 16.6. The molecule has 4 N–H and O–H groups in total. The highest BCUT2D eigenvalue weighted by molar-refractivity contribution is 6.71. The van der Waals surface area contributed by atoms with Gasteiger partial charge in [0.05, 0.1) is 23.6 Å². The summed E-state index contributed by atoms with van der Waals surface area (Å²) in [6.07, 6.45) is -0.937. The van der Waals surface area contributed by atoms with Gasteiger partial charge in [0.15, 0.2) is 5.76 Å². The van der Waals surface area contributed by atoms with Crippen molar-refractivity contribution in [1.29, 1.82) is 5.41 Å². The van der Waals surface area contributed by atoms with Gasteiger partial charge in [-0.05, 0) is 49.5 Å². The third kappa shape index (κ3) is 6.84. The van der Waals surface area contributed by atoms with E-state index < -0.39 is 23.2 Å². The molecule has 0 bridgehead atoms. The molecule has 0 saturated heterocycles. The van der Waals surface area contributed by atoms with Gasteiger partial charge >= 0.3 is 6.18 Å². The van der Waals surface area contributed by atoms with Crippen molar-refractivity contribution in [3.63, 3.8) is 0 Å². The van der Waals surface area contributed by atoms with Crippen molar-refractivity contribution in [2.75, 3.05) is 11.9 Å². The Labute approximate surface area is 177 Å². The molecule has 0 heterocycles. The maximum atomic E-state index is 12.9. The highest BCUT2D eigenvalue weighted by Crippen LogP contribution is 2.30. The molecule has 6 nitrogen and oxygen atoms in total. The number of para-hydroxylation sites is 1. The van der Waals surface area contributed by atoms with Crippen LogP contribution in [0, 0.1) is 5.41 Å². The van der Waals surface area contributed by atoms with Gasteiger partial charge in [0.1, 0.15) is 5.71 Å². The van der Waals surface area contributed by atoms with Crippen LogP contribution >= 0.6 is 0 Å². The number of halogens is 3. The quantitative estimate of drug-likeness (QED) is 0.301. The molecule has 0 aromatic heterocycles. The van der Waals surface area contributed by atoms with Crippen LogP contribution < -0.4 is 11.1 Å². The molecule has 31 heavy (non-hydrogen) atoms. The first-order valence-electron chi connectivity index (χ1n) is 9.18. The smallest absolute Gasteiger partial charge is 0.416 e. The number of Topliss-reactive ketones (excluding diaryl/α,β-unsaturated/α-hetero) is 1. The van der Waals surface area contributed by atoms with E-state index in [4.69, 9.17) is 15.9 Å². The van der Waals surface area contributed by atoms with Crippen molar-refractivity contribution in [3.8, 4) is 0 Å². The van der Waals surface area contributed by atoms with E-state index in [-0.39, 0.29) is 23.8 Å². The van der Waals surface area contributed by atoms with Gasteiger partial charge in [-0.1, -0.05) is 24.3 Å². The number of anilines is 1. The SMILES string of the molecule is CCO/C(=C/Nc1cccc(C(F)(F)F)c1)C(=O)C(=N)C(C=CN)=Nc1ccccc1. The summed E-state index contributed by atoms with van der Waals surface area (Å²) < 4.78 is 43.9. The third-order valence-electron chi connectivity index (χ3n) is 3.83. The van der Waals surface area contributed by atoms with Crippen molar-refractivity contribution in [2.24, 2.45) is 10.7 Å². The van der Waals surface area contributed by atoms with Gasteiger partial charge in [0.2, 0.25) is 5.78 Å². The predicted molar refractivity (Wildman–Crippen MR) is 114 cm³/mol. The first kappa shape index (κ1) is 23.4. The molecular weight excluding hydrogens is 409 g/mol. The van der Waals surface area contributed by atoms with E-state index in [1.807, 2.05) is 0 Å². The minimum atomic E-state index is -4.50. The van der Waals surface area contributed by atoms with E-state index in [2.05, 4.69) is 10.3 Å². The molecule has 0 atom stereocenters. The number of nitrogens with one attached hydrogen (secondary N) is 2. The average Bonchev–Trinajstić information content (AvgIpc) is 2.75. The van der Waals surface area contributed by atoms with Gasteiger partial charge in [0, 0.05) is 11.9 Å². The molecule has 0 saturated carbocycles. The van der Waals surface area contributed by atoms with Gasteiger partial charge in [0.25, 0.3) is 0 Å². The summed E-state index contributed by atoms with van der Waals surface area (Å²) in [7, 11) is 0. The maximum Gasteiger partial charge on any atom is 0.416 e. The van der Waals surface area contributed by atoms with Crippen LogP contribution in [0.1, 0.15) is 12.5 Å². The maximum absolute atomic E-state index is 12.9. The lowest BCUT2D eigenvalue weighted by Crippen LogP contribution is -2.25. The minimum Gasteiger partial charge on any atom is -0.488 e. The van der Waals surface area contributed by atoms with E-state index in [9.17, 15) is 18.0 Å². The molecule has 0 spiro atoms. The summed E-state index contributed by atoms with van der Waals surface area (Å²) in [5.41, 5.74) is 4.71. The summed E-state index contributed by atoms with van der Waals surface area (Å²) in [5.74, 6) is -1.06. The van der Waals surface area contributed by atoms with Crippen LogP contribution in [0.4, 0.5) is 24.5 Å². The highest BCUT2D eigenvalue weighted by Gasteiger charge is 2.30. The lowest BCUT2D eigenvalue weighted by atomic mass is 10.1. The molecule has 162 valence electrons. The Kier molecular flexibility index (Phi) is 8.13. The van der Waals surface area contributed by atoms with Crippen LogP contribution in [0.3, 0.4) is 0 Å². The molecule has 2 aromatic rings. The van der Waals surface area contributed by atoms with Crippen LogP contribution in [0.25, 0.3) is 0 Å². The molecule has 9 heteroatoms. The number of rotatable bonds is 9. The van der Waals surface area contributed by atoms with Gasteiger partial charge < -0.3 is 15.8 Å². The third-order valence-corrected chi connectivity index (χ3v) is 3.83. The fourth-order valence-electron chi connectivity index (χ4n) is 2.41. The fraction of sp³-hybridized carbons (Fsp3) is 0.136. The van der Waals surface area contributed by atoms with E-state index in [1.165, 1.54) is 18.2 Å². The number of alkyl halides is 3. The Morgan fingerprint density at radius 3 is 2.52 bits per heavy atom. The number of nitrogens with two attached hydrogens (primary N) is 1. The van der Waals surface area contributed by atoms with Crippen LogP contribution in [-0.4, -0.2) is 23.8 Å². The second-order valence-corrected chi connectivity index (χ2v) is 6.06. The summed E-state index contributed by atoms with van der Waals surface area (Å²) in [6, 6.07) is 13.2. The number of ether oxygens (including phenoxy) is 1. The van der Waals surface area contributed by atoms with Crippen molar-refractivity contribution in [2.45, 2.75) is 13.1 Å². The summed E-state index contributed by atoms with van der Waals surface area (Å²) in [5, 5.41) is 10.8. The van der Waals surface area contributed by atoms with Gasteiger partial charge in [-0.25, -0.2) is 4.99 Å². The van der Waals surface area contributed by atoms with Gasteiger partial charge in [-0.2, -0.15) is 13.2 Å². The number of carbonyl (C=O) groups excluding carboxylic acids is 1. The fourth-order valence-corrected chi connectivity index (χ4v) is 2.41. The molecule has 2 aromatic carbocycles. The Morgan fingerprint density at radius 1 is 1.19 bits per heavy atom. The first-order chi connectivity index (χ1) is 14.8. The Balaban J connectivity index is 2.29. The van der Waals surface area contributed by atoms with Crippen molar-refractivity contribution >= 4 is 28.6 Å². The predicted octanol–water partition coefficient (Wildman–Crippen LogP) is 4.83. The lowest BCUT2D eigenvalue weighted by molar-refractivity contribution is -0.137. The van der Waals surface area contributed by atoms with Crippen LogP contribution in [0.15, 0.2) is 83.8 Å².